The summed E-state index contributed by atoms with van der Waals surface area (Å²) in [5.41, 5.74) is 3.99. The third-order valence-corrected chi connectivity index (χ3v) is 15.6. The average molecular weight is 943 g/mol. The molecule has 281 valence electrons. The summed E-state index contributed by atoms with van der Waals surface area (Å²) >= 11 is 1.69. The molecule has 2 aromatic heterocycles. The fourth-order valence-corrected chi connectivity index (χ4v) is 13.3. The summed E-state index contributed by atoms with van der Waals surface area (Å²) in [6, 6.07) is 38.9. The molecule has 0 radical (unpaired) electrons. The van der Waals surface area contributed by atoms with E-state index in [2.05, 4.69) is 102 Å². The van der Waals surface area contributed by atoms with Crippen LogP contribution in [0.1, 0.15) is 30.0 Å². The first-order valence-corrected chi connectivity index (χ1v) is 21.4. The standard InChI is InChI=1S/C48H37N2O5P.Os/c1-6-16-36-25-27-41(54-36)45-43-44(48(52)49(45)4)46(50(5)47(43)51)42-28-26-37(55-42)24-23-34(29-35-31-53-30-32(35)2)33(3)56(38-17-10-7-11-18-38,39-19-12-8-13-20-39)40-21-14-9-15-22-40;/h6-22,25-29H,2,30-31H2,1,4-5H3;/q+1;/b16-6+,34-33?,35-29?;. The number of carbonyl (C=O) groups excluding carboxylic acids is 2. The number of allylic oxidation sites excluding steroid dienone is 4. The van der Waals surface area contributed by atoms with Gasteiger partial charge in [0.05, 0.1) is 0 Å². The number of furan rings is 2. The van der Waals surface area contributed by atoms with Gasteiger partial charge in [0.1, 0.15) is 5.76 Å². The van der Waals surface area contributed by atoms with Crippen LogP contribution in [0.25, 0.3) is 17.5 Å². The Kier molecular flexibility index (Phi) is 10.5. The number of hydrogen-bond acceptors (Lipinski definition) is 5. The molecular formula is C48H37N2O5OsP+. The molecule has 5 heterocycles. The van der Waals surface area contributed by atoms with Crippen LogP contribution in [0.4, 0.5) is 0 Å². The molecule has 3 aliphatic rings. The Hall–Kier alpha value is -6.03. The summed E-state index contributed by atoms with van der Waals surface area (Å²) in [6.45, 7) is 7.06. The van der Waals surface area contributed by atoms with Gasteiger partial charge in [0.2, 0.25) is 0 Å². The molecule has 57 heavy (non-hydrogen) atoms. The Balaban J connectivity index is 1.31. The molecule has 0 unspecified atom stereocenters. The Morgan fingerprint density at radius 2 is 1.26 bits per heavy atom. The predicted molar refractivity (Wildman–Crippen MR) is 222 cm³/mol. The molecule has 0 saturated carbocycles. The van der Waals surface area contributed by atoms with Crippen molar-refractivity contribution in [3.05, 3.63) is 190 Å². The molecule has 2 amide bonds. The van der Waals surface area contributed by atoms with Crippen LogP contribution >= 0.6 is 7.26 Å². The minimum atomic E-state index is -2.59. The fraction of sp³-hybridized carbons (Fsp3) is 0.104. The van der Waals surface area contributed by atoms with Crippen LogP contribution in [0.2, 0.25) is 0 Å². The molecule has 0 N–H and O–H groups in total. The molecule has 1 fully saturated rings. The van der Waals surface area contributed by atoms with Crippen molar-refractivity contribution in [2.75, 3.05) is 27.3 Å². The maximum absolute atomic E-state index is 13.8. The minimum absolute atomic E-state index is 0.268. The normalized spacial score (nSPS) is 16.8. The van der Waals surface area contributed by atoms with Crippen LogP contribution in [0, 0.1) is 16.2 Å². The number of nitrogens with zero attached hydrogens (tertiary/aromatic N) is 2. The van der Waals surface area contributed by atoms with E-state index in [4.69, 9.17) is 13.6 Å². The molecule has 0 spiro atoms. The van der Waals surface area contributed by atoms with Crippen molar-refractivity contribution in [1.29, 1.82) is 0 Å². The Morgan fingerprint density at radius 3 is 1.75 bits per heavy atom. The van der Waals surface area contributed by atoms with Crippen LogP contribution in [0.5, 0.6) is 0 Å². The van der Waals surface area contributed by atoms with E-state index < -0.39 is 7.26 Å². The van der Waals surface area contributed by atoms with Crippen LogP contribution in [-0.2, 0) is 32.3 Å². The Labute approximate surface area is 342 Å². The first kappa shape index (κ1) is 37.9. The third kappa shape index (κ3) is 6.60. The summed E-state index contributed by atoms with van der Waals surface area (Å²) in [5, 5.41) is 4.47. The number of ether oxygens (including phenoxy) is 1. The molecule has 3 aromatic carbocycles. The molecule has 5 aromatic rings. The average Bonchev–Trinajstić information content (AvgIpc) is 4.08. The molecular weight excluding hydrogens is 906 g/mol. The number of amides is 2. The number of hydrogen-bond donors (Lipinski definition) is 0. The third-order valence-electron chi connectivity index (χ3n) is 10.2. The van der Waals surface area contributed by atoms with Crippen molar-refractivity contribution in [3.8, 4) is 16.2 Å². The second-order valence-corrected chi connectivity index (χ2v) is 17.6. The molecule has 7 nitrogen and oxygen atoms in total. The van der Waals surface area contributed by atoms with Crippen molar-refractivity contribution in [1.82, 2.24) is 9.80 Å². The van der Waals surface area contributed by atoms with E-state index >= 15 is 0 Å². The Bertz CT molecular complexity index is 2620. The van der Waals surface area contributed by atoms with Crippen LogP contribution in [0.15, 0.2) is 176 Å². The molecule has 0 bridgehead atoms. The van der Waals surface area contributed by atoms with E-state index in [-0.39, 0.29) is 23.0 Å². The molecule has 0 atom stereocenters. The van der Waals surface area contributed by atoms with Crippen molar-refractivity contribution in [2.24, 2.45) is 0 Å². The second kappa shape index (κ2) is 15.8. The zero-order chi connectivity index (χ0) is 39.7. The van der Waals surface area contributed by atoms with E-state index in [9.17, 15) is 9.59 Å². The van der Waals surface area contributed by atoms with Gasteiger partial charge < -0.3 is 4.42 Å². The van der Waals surface area contributed by atoms with Crippen molar-refractivity contribution < 1.29 is 41.1 Å². The molecule has 8 rings (SSSR count). The van der Waals surface area contributed by atoms with Gasteiger partial charge in [-0.05, 0) is 25.1 Å². The second-order valence-electron chi connectivity index (χ2n) is 13.6. The van der Waals surface area contributed by atoms with E-state index in [0.29, 0.717) is 47.6 Å². The topological polar surface area (TPSA) is 76.1 Å². The van der Waals surface area contributed by atoms with Crippen molar-refractivity contribution in [2.45, 2.75) is 6.92 Å². The van der Waals surface area contributed by atoms with Crippen molar-refractivity contribution >= 4 is 52.5 Å². The first-order chi connectivity index (χ1) is 27.8. The molecule has 9 heteroatoms. The zero-order valence-corrected chi connectivity index (χ0v) is 35.0. The number of carbonyl (C=O) groups is 2. The summed E-state index contributed by atoms with van der Waals surface area (Å²) in [5.74, 6) is 7.96. The van der Waals surface area contributed by atoms with Gasteiger partial charge in [0.15, 0.2) is 5.76 Å². The Morgan fingerprint density at radius 1 is 0.737 bits per heavy atom. The zero-order valence-electron chi connectivity index (χ0n) is 31.6. The van der Waals surface area contributed by atoms with E-state index in [1.165, 1.54) is 25.7 Å². The summed E-state index contributed by atoms with van der Waals surface area (Å²) in [7, 11) is 0.704. The van der Waals surface area contributed by atoms with Gasteiger partial charge in [-0.25, -0.2) is 0 Å². The first-order valence-electron chi connectivity index (χ1n) is 18.3. The molecule has 1 saturated heterocycles. The predicted octanol–water partition coefficient (Wildman–Crippen LogP) is 7.59. The summed E-state index contributed by atoms with van der Waals surface area (Å²) in [4.78, 5) is 30.6. The van der Waals surface area contributed by atoms with Gasteiger partial charge in [-0.3, -0.25) is 0 Å². The van der Waals surface area contributed by atoms with E-state index in [1.807, 2.05) is 43.3 Å². The summed E-state index contributed by atoms with van der Waals surface area (Å²) in [6.07, 6.45) is 5.77. The van der Waals surface area contributed by atoms with Crippen LogP contribution < -0.4 is 15.9 Å². The molecule has 0 aliphatic carbocycles. The number of likely N-dealkylation sites (N-methyl/N-ethyl adjacent to an activating group) is 2. The summed E-state index contributed by atoms with van der Waals surface area (Å²) < 4.78 is 21.9. The number of benzene rings is 3. The quantitative estimate of drug-likeness (QED) is 0.119. The SMILES string of the molecule is C=C1COCC1=CC(C#Cc1ccc(C2=C3C(=O)N(C)C(c4ccc(/C=C/C)o4)=C3C(=O)N2C)o1)=C([C]#[Os])[P+](c1ccccc1)(c1ccccc1)c1ccccc1. The van der Waals surface area contributed by atoms with Gasteiger partial charge in [-0.15, -0.1) is 0 Å². The van der Waals surface area contributed by atoms with E-state index in [0.717, 1.165) is 22.0 Å². The monoisotopic (exact) mass is 944 g/mol. The number of fused-ring (bicyclic) bond motifs is 1. The van der Waals surface area contributed by atoms with Gasteiger partial charge in [0.25, 0.3) is 0 Å². The number of rotatable bonds is 8. The van der Waals surface area contributed by atoms with Crippen LogP contribution in [0.3, 0.4) is 0 Å². The van der Waals surface area contributed by atoms with Crippen LogP contribution in [-0.4, -0.2) is 48.9 Å². The fourth-order valence-electron chi connectivity index (χ4n) is 7.54. The van der Waals surface area contributed by atoms with Gasteiger partial charge >= 0.3 is 290 Å². The van der Waals surface area contributed by atoms with Gasteiger partial charge in [0, 0.05) is 7.05 Å². The molecule has 3 aliphatic heterocycles. The van der Waals surface area contributed by atoms with E-state index in [1.54, 1.807) is 50.2 Å². The van der Waals surface area contributed by atoms with Gasteiger partial charge in [-0.1, -0.05) is 6.08 Å². The maximum atomic E-state index is 13.8. The van der Waals surface area contributed by atoms with Crippen molar-refractivity contribution in [3.63, 3.8) is 0 Å². The van der Waals surface area contributed by atoms with Gasteiger partial charge in [-0.2, -0.15) is 0 Å².